The van der Waals surface area contributed by atoms with Crippen LogP contribution >= 0.6 is 0 Å². The molecule has 428 valence electrons. The van der Waals surface area contributed by atoms with E-state index in [1.807, 2.05) is 86.6 Å². The number of nitrogens with zero attached hydrogens (tertiary/aromatic N) is 4. The van der Waals surface area contributed by atoms with Gasteiger partial charge in [0.15, 0.2) is 11.9 Å². The van der Waals surface area contributed by atoms with E-state index >= 15 is 9.59 Å². The molecule has 1 saturated heterocycles. The zero-order valence-electron chi connectivity index (χ0n) is 48.9. The van der Waals surface area contributed by atoms with Crippen LogP contribution in [0.15, 0.2) is 30.5 Å². The third-order valence-corrected chi connectivity index (χ3v) is 14.4. The fraction of sp³-hybridized carbons (Fsp3) is 0.724. The summed E-state index contributed by atoms with van der Waals surface area (Å²) >= 11 is 0. The van der Waals surface area contributed by atoms with E-state index in [1.165, 1.54) is 49.9 Å². The van der Waals surface area contributed by atoms with Crippen molar-refractivity contribution in [3.8, 4) is 0 Å². The molecule has 3 rings (SSSR count). The third kappa shape index (κ3) is 19.5. The normalized spacial score (nSPS) is 23.3. The van der Waals surface area contributed by atoms with Crippen LogP contribution in [0.25, 0.3) is 10.9 Å². The van der Waals surface area contributed by atoms with Crippen molar-refractivity contribution in [2.75, 3.05) is 34.9 Å². The van der Waals surface area contributed by atoms with Crippen LogP contribution in [-0.4, -0.2) is 149 Å². The van der Waals surface area contributed by atoms with Crippen molar-refractivity contribution in [1.29, 1.82) is 0 Å². The molecule has 0 radical (unpaired) electrons. The number of amides is 6. The highest BCUT2D eigenvalue weighted by Gasteiger charge is 2.41. The molecule has 18 heteroatoms. The summed E-state index contributed by atoms with van der Waals surface area (Å²) in [6.07, 6.45) is 5.46. The number of aromatic nitrogens is 1. The highest BCUT2D eigenvalue weighted by Crippen LogP contribution is 2.26. The Kier molecular flexibility index (Phi) is 25.9. The van der Waals surface area contributed by atoms with Crippen molar-refractivity contribution >= 4 is 58.1 Å². The van der Waals surface area contributed by atoms with Gasteiger partial charge in [-0.05, 0) is 88.7 Å². The number of hydrogen-bond donors (Lipinski definition) is 3. The van der Waals surface area contributed by atoms with Gasteiger partial charge in [0.05, 0.1) is 11.1 Å². The van der Waals surface area contributed by atoms with Gasteiger partial charge in [-0.15, -0.1) is 0 Å². The minimum absolute atomic E-state index is 0.0172. The number of fused-ring (bicyclic) bond motifs is 1. The van der Waals surface area contributed by atoms with Gasteiger partial charge in [-0.1, -0.05) is 112 Å². The van der Waals surface area contributed by atoms with Crippen molar-refractivity contribution in [1.82, 2.24) is 35.4 Å². The first-order valence-electron chi connectivity index (χ1n) is 27.8. The van der Waals surface area contributed by atoms with Crippen molar-refractivity contribution < 1.29 is 52.7 Å². The van der Waals surface area contributed by atoms with Gasteiger partial charge in [-0.25, -0.2) is 4.79 Å². The number of likely N-dealkylation sites (N-methyl/N-ethyl adjacent to an activating group) is 3. The van der Waals surface area contributed by atoms with E-state index in [-0.39, 0.29) is 81.0 Å². The maximum Gasteiger partial charge on any atom is 0.329 e. The molecule has 1 aliphatic rings. The van der Waals surface area contributed by atoms with E-state index < -0.39 is 89.4 Å². The first kappa shape index (κ1) is 64.8. The summed E-state index contributed by atoms with van der Waals surface area (Å²) < 4.78 is 13.3. The number of carbonyl (C=O) groups excluding carboxylic acids is 8. The summed E-state index contributed by atoms with van der Waals surface area (Å²) in [6.45, 7) is 22.4. The smallest absolute Gasteiger partial charge is 0.329 e. The highest BCUT2D eigenvalue weighted by atomic mass is 16.6. The van der Waals surface area contributed by atoms with Gasteiger partial charge in [-0.3, -0.25) is 33.6 Å². The molecular formula is C58H95N7O11. The molecule has 1 fully saturated rings. The van der Waals surface area contributed by atoms with Crippen LogP contribution in [0, 0.1) is 23.7 Å². The molecule has 0 spiro atoms. The Hall–Kier alpha value is -5.52. The van der Waals surface area contributed by atoms with Gasteiger partial charge in [0.1, 0.15) is 50.0 Å². The second-order valence-electron chi connectivity index (χ2n) is 23.3. The van der Waals surface area contributed by atoms with E-state index in [0.29, 0.717) is 5.56 Å². The molecular weight excluding hydrogens is 971 g/mol. The summed E-state index contributed by atoms with van der Waals surface area (Å²) in [5.41, 5.74) is 0.784. The molecule has 1 aromatic heterocycles. The fourth-order valence-corrected chi connectivity index (χ4v) is 9.65. The van der Waals surface area contributed by atoms with E-state index in [1.54, 1.807) is 10.9 Å². The monoisotopic (exact) mass is 1070 g/mol. The Morgan fingerprint density at radius 3 is 1.68 bits per heavy atom. The largest absolute Gasteiger partial charge is 0.451 e. The van der Waals surface area contributed by atoms with Crippen LogP contribution in [0.1, 0.15) is 166 Å². The second-order valence-corrected chi connectivity index (χ2v) is 23.3. The average Bonchev–Trinajstić information content (AvgIpc) is 3.72. The van der Waals surface area contributed by atoms with Gasteiger partial charge < -0.3 is 45.0 Å². The SMILES string of the molecule is CCCC[C@@H](C)C[C@@H]1NC(=O)[C@H](Cc2cn(OC)c3ccccc23)N(C)C(=O)[C@H](CC(C)C)NC(=O)[C@H](CC(C)C)N(C)C(=O)[C@H](C[C@H](C)CCCC)NC(=O)C(CCC(=O)COC(C)(C)C)OC(=O)C(C)N(C)C1=O. The van der Waals surface area contributed by atoms with Crippen LogP contribution in [0.2, 0.25) is 0 Å². The first-order chi connectivity index (χ1) is 35.6. The molecule has 2 aromatic rings. The number of unbranched alkanes of at least 4 members (excludes halogenated alkanes) is 2. The number of cyclic esters (lactones) is 1. The summed E-state index contributed by atoms with van der Waals surface area (Å²) in [4.78, 5) is 127. The van der Waals surface area contributed by atoms with Gasteiger partial charge in [0.25, 0.3) is 5.91 Å². The van der Waals surface area contributed by atoms with Crippen molar-refractivity contribution in [2.45, 2.75) is 215 Å². The summed E-state index contributed by atoms with van der Waals surface area (Å²) in [5, 5.41) is 9.66. The number of para-hydroxylation sites is 1. The molecule has 18 nitrogen and oxygen atoms in total. The second kappa shape index (κ2) is 30.4. The number of ether oxygens (including phenoxy) is 2. The van der Waals surface area contributed by atoms with Gasteiger partial charge in [-0.2, -0.15) is 4.73 Å². The molecule has 3 N–H and O–H groups in total. The third-order valence-electron chi connectivity index (χ3n) is 14.4. The van der Waals surface area contributed by atoms with Crippen molar-refractivity contribution in [2.24, 2.45) is 23.7 Å². The number of ketones is 1. The number of rotatable bonds is 22. The molecule has 0 bridgehead atoms. The maximum atomic E-state index is 15.2. The van der Waals surface area contributed by atoms with Crippen LogP contribution in [0.4, 0.5) is 0 Å². The van der Waals surface area contributed by atoms with Crippen LogP contribution in [0.5, 0.6) is 0 Å². The zero-order chi connectivity index (χ0) is 57.2. The van der Waals surface area contributed by atoms with E-state index in [2.05, 4.69) is 29.8 Å². The van der Waals surface area contributed by atoms with Gasteiger partial charge in [0, 0.05) is 52.0 Å². The molecule has 6 amide bonds. The molecule has 1 aromatic carbocycles. The van der Waals surface area contributed by atoms with E-state index in [9.17, 15) is 28.8 Å². The first-order valence-corrected chi connectivity index (χ1v) is 27.8. The predicted octanol–water partition coefficient (Wildman–Crippen LogP) is 6.81. The minimum Gasteiger partial charge on any atom is -0.451 e. The molecule has 2 heterocycles. The molecule has 0 saturated carbocycles. The lowest BCUT2D eigenvalue weighted by Crippen LogP contribution is -2.60. The molecule has 76 heavy (non-hydrogen) atoms. The Labute approximate surface area is 453 Å². The van der Waals surface area contributed by atoms with Crippen LogP contribution < -0.4 is 20.8 Å². The maximum absolute atomic E-state index is 15.2. The highest BCUT2D eigenvalue weighted by molar-refractivity contribution is 5.98. The van der Waals surface area contributed by atoms with Crippen LogP contribution in [-0.2, 0) is 54.3 Å². The van der Waals surface area contributed by atoms with Crippen molar-refractivity contribution in [3.05, 3.63) is 36.0 Å². The number of esters is 1. The summed E-state index contributed by atoms with van der Waals surface area (Å²) in [5.74, 6) is -5.45. The zero-order valence-corrected chi connectivity index (χ0v) is 48.9. The number of nitrogens with one attached hydrogen (secondary N) is 3. The van der Waals surface area contributed by atoms with Gasteiger partial charge in [0.2, 0.25) is 29.5 Å². The number of hydrogen-bond acceptors (Lipinski definition) is 11. The number of carbonyl (C=O) groups is 8. The Bertz CT molecular complexity index is 2260. The standard InChI is InChI=1S/C58H95N7O11/c1-17-19-23-38(7)31-45-54(70)62(13)40(9)57(73)76-50(28-27-42(66)35-75-58(10,11)12)53(69)61-46(32-39(8)24-20-18-2)56(72)63(14)48(30-37(5)6)51(67)59-44(29-36(3)4)55(71)64(15)49(52(68)60-45)33-41-34-65(74-16)47-26-22-21-25-43(41)47/h21-22,25-26,34,36-40,44-46,48-50H,17-20,23-24,27-33,35H2,1-16H3,(H,59,67)(H,60,68)(H,61,69)/t38-,39-,40?,44+,45+,46+,48+,49+,50?/m1/s1. The van der Waals surface area contributed by atoms with E-state index in [4.69, 9.17) is 14.3 Å². The summed E-state index contributed by atoms with van der Waals surface area (Å²) in [7, 11) is 5.96. The van der Waals surface area contributed by atoms with Gasteiger partial charge >= 0.3 is 5.97 Å². The Balaban J connectivity index is 2.34. The van der Waals surface area contributed by atoms with Crippen molar-refractivity contribution in [3.63, 3.8) is 0 Å². The fourth-order valence-electron chi connectivity index (χ4n) is 9.65. The molecule has 1 aliphatic heterocycles. The topological polar surface area (TPSA) is 215 Å². The lowest BCUT2D eigenvalue weighted by atomic mass is 9.94. The molecule has 0 aliphatic carbocycles. The average molecular weight is 1070 g/mol. The summed E-state index contributed by atoms with van der Waals surface area (Å²) in [6, 6.07) is 0.320. The quantitative estimate of drug-likeness (QED) is 0.104. The minimum atomic E-state index is -1.58. The van der Waals surface area contributed by atoms with E-state index in [0.717, 1.165) is 49.4 Å². The Morgan fingerprint density at radius 2 is 1.17 bits per heavy atom. The Morgan fingerprint density at radius 1 is 0.684 bits per heavy atom. The number of Topliss-reactive ketones (excluding diaryl/α,β-unsaturated/α-hetero) is 1. The number of benzene rings is 1. The van der Waals surface area contributed by atoms with Crippen LogP contribution in [0.3, 0.4) is 0 Å². The predicted molar refractivity (Wildman–Crippen MR) is 295 cm³/mol. The molecule has 2 unspecified atom stereocenters. The lowest BCUT2D eigenvalue weighted by molar-refractivity contribution is -0.164. The molecule has 9 atom stereocenters. The lowest BCUT2D eigenvalue weighted by Gasteiger charge is -2.35.